The van der Waals surface area contributed by atoms with Crippen molar-refractivity contribution >= 4 is 27.5 Å². The van der Waals surface area contributed by atoms with E-state index >= 15 is 0 Å². The molecule has 2 saturated heterocycles. The van der Waals surface area contributed by atoms with Gasteiger partial charge in [0, 0.05) is 25.7 Å². The number of amides is 2. The predicted molar refractivity (Wildman–Crippen MR) is 110 cm³/mol. The number of carbonyl (C=O) groups excluding carboxylic acids is 2. The molecule has 1 aromatic rings. The first-order valence-corrected chi connectivity index (χ1v) is 11.8. The van der Waals surface area contributed by atoms with Crippen LogP contribution in [0.25, 0.3) is 0 Å². The maximum absolute atomic E-state index is 13.0. The molecule has 8 nitrogen and oxygen atoms in total. The minimum atomic E-state index is -3.55. The molecule has 0 spiro atoms. The van der Waals surface area contributed by atoms with Crippen molar-refractivity contribution < 1.29 is 22.9 Å². The Morgan fingerprint density at radius 1 is 1.03 bits per heavy atom. The maximum Gasteiger partial charge on any atom is 0.279 e. The lowest BCUT2D eigenvalue weighted by Crippen LogP contribution is -3.15. The molecule has 0 atom stereocenters. The molecule has 0 aliphatic carbocycles. The minimum absolute atomic E-state index is 0.0657. The zero-order valence-corrected chi connectivity index (χ0v) is 17.8. The lowest BCUT2D eigenvalue weighted by Gasteiger charge is -2.31. The minimum Gasteiger partial charge on any atom is -0.332 e. The van der Waals surface area contributed by atoms with E-state index in [0.29, 0.717) is 38.4 Å². The van der Waals surface area contributed by atoms with E-state index in [1.807, 2.05) is 0 Å². The number of piperazine rings is 1. The monoisotopic (exact) mass is 423 g/mol. The zero-order chi connectivity index (χ0) is 20.9. The molecule has 2 heterocycles. The van der Waals surface area contributed by atoms with E-state index in [9.17, 15) is 18.0 Å². The Balaban J connectivity index is 1.59. The highest BCUT2D eigenvalue weighted by atomic mass is 32.2. The van der Waals surface area contributed by atoms with Crippen molar-refractivity contribution in [2.75, 3.05) is 51.1 Å². The van der Waals surface area contributed by atoms with E-state index in [1.165, 1.54) is 0 Å². The van der Waals surface area contributed by atoms with Crippen molar-refractivity contribution in [3.8, 4) is 0 Å². The molecule has 0 saturated carbocycles. The third-order valence-corrected chi connectivity index (χ3v) is 7.54. The Kier molecular flexibility index (Phi) is 7.26. The largest absolute Gasteiger partial charge is 0.332 e. The summed E-state index contributed by atoms with van der Waals surface area (Å²) in [5, 5.41) is 2.83. The number of benzene rings is 1. The number of quaternary nitrogens is 1. The number of carbonyl (C=O) groups is 2. The molecule has 0 aromatic heterocycles. The standard InChI is InChI=1S/C20H30N4O4S/c1-17(25)23-13-11-22(12-14-23)16-20(26)21-18-7-6-8-19(15-18)29(27,28)24-9-4-2-3-5-10-24/h6-8,15H,2-5,9-14,16H2,1H3,(H,21,26)/p+1. The van der Waals surface area contributed by atoms with Gasteiger partial charge in [-0.05, 0) is 31.0 Å². The van der Waals surface area contributed by atoms with E-state index in [4.69, 9.17) is 0 Å². The quantitative estimate of drug-likeness (QED) is 0.694. The highest BCUT2D eigenvalue weighted by Gasteiger charge is 2.26. The van der Waals surface area contributed by atoms with Gasteiger partial charge in [0.1, 0.15) is 0 Å². The molecule has 0 unspecified atom stereocenters. The highest BCUT2D eigenvalue weighted by molar-refractivity contribution is 7.89. The van der Waals surface area contributed by atoms with Crippen molar-refractivity contribution in [3.05, 3.63) is 24.3 Å². The van der Waals surface area contributed by atoms with Crippen molar-refractivity contribution in [1.82, 2.24) is 9.21 Å². The number of nitrogens with one attached hydrogen (secondary N) is 2. The van der Waals surface area contributed by atoms with Crippen LogP contribution in [0, 0.1) is 0 Å². The van der Waals surface area contributed by atoms with Gasteiger partial charge in [-0.25, -0.2) is 8.42 Å². The van der Waals surface area contributed by atoms with E-state index < -0.39 is 10.0 Å². The van der Waals surface area contributed by atoms with Crippen LogP contribution in [0.15, 0.2) is 29.2 Å². The Labute approximate surface area is 172 Å². The van der Waals surface area contributed by atoms with Crippen LogP contribution in [0.1, 0.15) is 32.6 Å². The molecule has 29 heavy (non-hydrogen) atoms. The van der Waals surface area contributed by atoms with Crippen LogP contribution in [0.2, 0.25) is 0 Å². The third kappa shape index (κ3) is 5.77. The summed E-state index contributed by atoms with van der Waals surface area (Å²) in [6, 6.07) is 6.50. The van der Waals surface area contributed by atoms with Crippen molar-refractivity contribution in [1.29, 1.82) is 0 Å². The number of nitrogens with zero attached hydrogens (tertiary/aromatic N) is 2. The summed E-state index contributed by atoms with van der Waals surface area (Å²) in [7, 11) is -3.55. The fourth-order valence-corrected chi connectivity index (χ4v) is 5.48. The molecule has 2 amide bonds. The van der Waals surface area contributed by atoms with Crippen LogP contribution in [0.5, 0.6) is 0 Å². The molecule has 160 valence electrons. The molecule has 2 fully saturated rings. The van der Waals surface area contributed by atoms with E-state index in [2.05, 4.69) is 5.32 Å². The number of hydrogen-bond acceptors (Lipinski definition) is 4. The van der Waals surface area contributed by atoms with Gasteiger partial charge in [0.15, 0.2) is 6.54 Å². The van der Waals surface area contributed by atoms with Gasteiger partial charge in [0.2, 0.25) is 15.9 Å². The van der Waals surface area contributed by atoms with Crippen LogP contribution in [0.3, 0.4) is 0 Å². The van der Waals surface area contributed by atoms with Gasteiger partial charge < -0.3 is 15.1 Å². The number of rotatable bonds is 5. The van der Waals surface area contributed by atoms with Crippen LogP contribution < -0.4 is 10.2 Å². The fraction of sp³-hybridized carbons (Fsp3) is 0.600. The van der Waals surface area contributed by atoms with Crippen molar-refractivity contribution in [3.63, 3.8) is 0 Å². The number of sulfonamides is 1. The van der Waals surface area contributed by atoms with Gasteiger partial charge >= 0.3 is 0 Å². The summed E-state index contributed by atoms with van der Waals surface area (Å²) in [5.41, 5.74) is 0.493. The summed E-state index contributed by atoms with van der Waals surface area (Å²) >= 11 is 0. The Hall–Kier alpha value is -1.97. The van der Waals surface area contributed by atoms with Crippen molar-refractivity contribution in [2.24, 2.45) is 0 Å². The third-order valence-electron chi connectivity index (χ3n) is 5.65. The van der Waals surface area contributed by atoms with Crippen LogP contribution in [0.4, 0.5) is 5.69 Å². The summed E-state index contributed by atoms with van der Waals surface area (Å²) in [4.78, 5) is 27.0. The normalized spacial score (nSPS) is 19.6. The summed E-state index contributed by atoms with van der Waals surface area (Å²) in [5.74, 6) is -0.0865. The first kappa shape index (κ1) is 21.7. The first-order valence-electron chi connectivity index (χ1n) is 10.4. The molecule has 2 aliphatic heterocycles. The lowest BCUT2D eigenvalue weighted by atomic mass is 10.2. The number of anilines is 1. The molecular weight excluding hydrogens is 392 g/mol. The lowest BCUT2D eigenvalue weighted by molar-refractivity contribution is -0.895. The summed E-state index contributed by atoms with van der Waals surface area (Å²) < 4.78 is 27.5. The second-order valence-corrected chi connectivity index (χ2v) is 9.77. The van der Waals surface area contributed by atoms with Crippen molar-refractivity contribution in [2.45, 2.75) is 37.5 Å². The summed E-state index contributed by atoms with van der Waals surface area (Å²) in [6.07, 6.45) is 3.89. The first-order chi connectivity index (χ1) is 13.9. The van der Waals surface area contributed by atoms with E-state index in [-0.39, 0.29) is 16.7 Å². The highest BCUT2D eigenvalue weighted by Crippen LogP contribution is 2.22. The Bertz CT molecular complexity index is 827. The smallest absolute Gasteiger partial charge is 0.279 e. The van der Waals surface area contributed by atoms with Gasteiger partial charge in [-0.15, -0.1) is 0 Å². The van der Waals surface area contributed by atoms with E-state index in [1.54, 1.807) is 40.4 Å². The van der Waals surface area contributed by atoms with Gasteiger partial charge in [0.25, 0.3) is 5.91 Å². The molecule has 1 aromatic carbocycles. The van der Waals surface area contributed by atoms with Gasteiger partial charge in [-0.2, -0.15) is 4.31 Å². The van der Waals surface area contributed by atoms with Gasteiger partial charge in [0.05, 0.1) is 31.1 Å². The SMILES string of the molecule is CC(=O)N1CC[NH+](CC(=O)Nc2cccc(S(=O)(=O)N3CCCCCC3)c2)CC1. The number of hydrogen-bond donors (Lipinski definition) is 2. The average Bonchev–Trinajstić information content (AvgIpc) is 2.98. The van der Waals surface area contributed by atoms with E-state index in [0.717, 1.165) is 43.7 Å². The molecule has 0 bridgehead atoms. The fourth-order valence-electron chi connectivity index (χ4n) is 3.91. The Morgan fingerprint density at radius 3 is 2.31 bits per heavy atom. The van der Waals surface area contributed by atoms with Gasteiger partial charge in [-0.3, -0.25) is 9.59 Å². The topological polar surface area (TPSA) is 91.2 Å². The Morgan fingerprint density at radius 2 is 1.69 bits per heavy atom. The maximum atomic E-state index is 13.0. The molecule has 0 radical (unpaired) electrons. The second-order valence-electron chi connectivity index (χ2n) is 7.83. The summed E-state index contributed by atoms with van der Waals surface area (Å²) in [6.45, 7) is 5.73. The predicted octanol–water partition coefficient (Wildman–Crippen LogP) is -0.0632. The molecule has 3 rings (SSSR count). The molecule has 9 heteroatoms. The van der Waals surface area contributed by atoms with Crippen LogP contribution >= 0.6 is 0 Å². The molecule has 2 N–H and O–H groups in total. The average molecular weight is 424 g/mol. The van der Waals surface area contributed by atoms with Gasteiger partial charge in [-0.1, -0.05) is 18.9 Å². The van der Waals surface area contributed by atoms with Crippen LogP contribution in [-0.2, 0) is 19.6 Å². The molecule has 2 aliphatic rings. The van der Waals surface area contributed by atoms with Crippen LogP contribution in [-0.4, -0.2) is 75.3 Å². The second kappa shape index (κ2) is 9.69. The molecular formula is C20H31N4O4S+. The zero-order valence-electron chi connectivity index (χ0n) is 17.0.